The van der Waals surface area contributed by atoms with Crippen molar-refractivity contribution in [1.29, 1.82) is 0 Å². The van der Waals surface area contributed by atoms with Gasteiger partial charge in [-0.2, -0.15) is 0 Å². The Morgan fingerprint density at radius 2 is 1.85 bits per heavy atom. The Hall–Kier alpha value is -1.55. The molecule has 1 amide bonds. The van der Waals surface area contributed by atoms with E-state index in [1.165, 1.54) is 5.56 Å². The monoisotopic (exact) mass is 279 g/mol. The quantitative estimate of drug-likeness (QED) is 0.770. The van der Waals surface area contributed by atoms with E-state index in [0.29, 0.717) is 6.61 Å². The molecule has 0 saturated carbocycles. The van der Waals surface area contributed by atoms with Crippen LogP contribution in [0.3, 0.4) is 0 Å². The highest BCUT2D eigenvalue weighted by Crippen LogP contribution is 2.14. The topological polar surface area (TPSA) is 38.8 Å². The highest BCUT2D eigenvalue weighted by atomic mass is 16.5. The minimum atomic E-state index is -0.386. The zero-order valence-corrected chi connectivity index (χ0v) is 13.1. The van der Waals surface area contributed by atoms with Gasteiger partial charge in [-0.3, -0.25) is 4.79 Å². The lowest BCUT2D eigenvalue weighted by Crippen LogP contribution is -2.42. The van der Waals surface area contributed by atoms with Crippen LogP contribution in [-0.4, -0.2) is 43.7 Å². The number of likely N-dealkylation sites (N-methyl/N-ethyl adjacent to an activating group) is 1. The van der Waals surface area contributed by atoms with Crippen molar-refractivity contribution < 1.29 is 14.3 Å². The second kappa shape index (κ2) is 7.90. The average molecular weight is 279 g/mol. The Bertz CT molecular complexity index is 416. The molecule has 1 aromatic rings. The molecular weight excluding hydrogens is 254 g/mol. The summed E-state index contributed by atoms with van der Waals surface area (Å²) in [6.07, 6.45) is 0.425. The summed E-state index contributed by atoms with van der Waals surface area (Å²) in [4.78, 5) is 13.9. The van der Waals surface area contributed by atoms with Gasteiger partial charge < -0.3 is 14.4 Å². The molecule has 0 bridgehead atoms. The van der Waals surface area contributed by atoms with E-state index in [-0.39, 0.29) is 18.1 Å². The zero-order chi connectivity index (χ0) is 15.1. The molecule has 1 rings (SSSR count). The summed E-state index contributed by atoms with van der Waals surface area (Å²) in [7, 11) is 3.48. The van der Waals surface area contributed by atoms with Gasteiger partial charge in [0.1, 0.15) is 11.9 Å². The molecule has 0 saturated heterocycles. The Labute approximate surface area is 121 Å². The predicted molar refractivity (Wildman–Crippen MR) is 80.0 cm³/mol. The first kappa shape index (κ1) is 16.5. The van der Waals surface area contributed by atoms with Crippen LogP contribution in [0.5, 0.6) is 5.75 Å². The number of rotatable bonds is 7. The molecule has 20 heavy (non-hydrogen) atoms. The third-order valence-corrected chi connectivity index (χ3v) is 3.46. The van der Waals surface area contributed by atoms with Crippen LogP contribution in [0.15, 0.2) is 24.3 Å². The molecule has 0 aliphatic rings. The van der Waals surface area contributed by atoms with Crippen LogP contribution < -0.4 is 4.74 Å². The van der Waals surface area contributed by atoms with Gasteiger partial charge in [-0.15, -0.1) is 0 Å². The number of carbonyl (C=O) groups excluding carboxylic acids is 1. The second-order valence-corrected chi connectivity index (χ2v) is 4.95. The van der Waals surface area contributed by atoms with E-state index in [0.717, 1.165) is 12.2 Å². The lowest BCUT2D eigenvalue weighted by Gasteiger charge is -2.27. The smallest absolute Gasteiger partial charge is 0.251 e. The van der Waals surface area contributed by atoms with Crippen LogP contribution in [0.1, 0.15) is 26.3 Å². The minimum absolute atomic E-state index is 0.0212. The molecule has 0 spiro atoms. The van der Waals surface area contributed by atoms with Crippen molar-refractivity contribution in [1.82, 2.24) is 4.90 Å². The molecule has 2 atom stereocenters. The fraction of sp³-hybridized carbons (Fsp3) is 0.562. The van der Waals surface area contributed by atoms with Crippen LogP contribution >= 0.6 is 0 Å². The summed E-state index contributed by atoms with van der Waals surface area (Å²) in [5.74, 6) is 0.865. The highest BCUT2D eigenvalue weighted by Gasteiger charge is 2.21. The van der Waals surface area contributed by atoms with Gasteiger partial charge in [0.25, 0.3) is 5.91 Å². The van der Waals surface area contributed by atoms with E-state index in [1.54, 1.807) is 18.9 Å². The molecular formula is C16H25NO3. The number of hydrogen-bond donors (Lipinski definition) is 0. The fourth-order valence-corrected chi connectivity index (χ4v) is 2.06. The molecule has 0 N–H and O–H groups in total. The number of methoxy groups -OCH3 is 1. The third kappa shape index (κ3) is 4.53. The normalized spacial score (nSPS) is 13.7. The van der Waals surface area contributed by atoms with Gasteiger partial charge in [0.2, 0.25) is 0 Å². The minimum Gasteiger partial charge on any atom is -0.497 e. The molecule has 0 heterocycles. The van der Waals surface area contributed by atoms with Gasteiger partial charge >= 0.3 is 0 Å². The third-order valence-electron chi connectivity index (χ3n) is 3.46. The molecule has 4 nitrogen and oxygen atoms in total. The Kier molecular flexibility index (Phi) is 6.52. The van der Waals surface area contributed by atoms with Crippen LogP contribution in [0, 0.1) is 0 Å². The maximum absolute atomic E-state index is 12.1. The summed E-state index contributed by atoms with van der Waals surface area (Å²) < 4.78 is 10.5. The number of hydrogen-bond acceptors (Lipinski definition) is 3. The molecule has 0 aliphatic heterocycles. The number of benzene rings is 1. The number of carbonyl (C=O) groups is 1. The Morgan fingerprint density at radius 3 is 2.35 bits per heavy atom. The molecule has 0 radical (unpaired) electrons. The lowest BCUT2D eigenvalue weighted by atomic mass is 10.1. The van der Waals surface area contributed by atoms with Gasteiger partial charge in [0, 0.05) is 19.7 Å². The van der Waals surface area contributed by atoms with Crippen LogP contribution in [0.2, 0.25) is 0 Å². The average Bonchev–Trinajstić information content (AvgIpc) is 2.46. The van der Waals surface area contributed by atoms with Gasteiger partial charge in [-0.25, -0.2) is 0 Å². The Morgan fingerprint density at radius 1 is 1.25 bits per heavy atom. The largest absolute Gasteiger partial charge is 0.497 e. The van der Waals surface area contributed by atoms with Gasteiger partial charge in [0.05, 0.1) is 7.11 Å². The first-order valence-electron chi connectivity index (χ1n) is 7.00. The van der Waals surface area contributed by atoms with Crippen molar-refractivity contribution in [2.75, 3.05) is 20.8 Å². The van der Waals surface area contributed by atoms with Crippen LogP contribution in [0.4, 0.5) is 0 Å². The van der Waals surface area contributed by atoms with E-state index in [1.807, 2.05) is 45.2 Å². The molecule has 112 valence electrons. The second-order valence-electron chi connectivity index (χ2n) is 4.95. The maximum Gasteiger partial charge on any atom is 0.251 e. The fourth-order valence-electron chi connectivity index (χ4n) is 2.06. The zero-order valence-electron chi connectivity index (χ0n) is 13.1. The summed E-state index contributed by atoms with van der Waals surface area (Å²) >= 11 is 0. The molecule has 0 fully saturated rings. The number of nitrogens with zero attached hydrogens (tertiary/aromatic N) is 1. The molecule has 0 aliphatic carbocycles. The number of amides is 1. The Balaban J connectivity index is 2.60. The first-order valence-corrected chi connectivity index (χ1v) is 7.00. The number of ether oxygens (including phenoxy) is 2. The molecule has 1 aromatic carbocycles. The van der Waals surface area contributed by atoms with Gasteiger partial charge in [-0.1, -0.05) is 12.1 Å². The predicted octanol–water partition coefficient (Wildman–Crippen LogP) is 2.51. The van der Waals surface area contributed by atoms with E-state index in [4.69, 9.17) is 9.47 Å². The summed E-state index contributed by atoms with van der Waals surface area (Å²) in [5.41, 5.74) is 1.18. The van der Waals surface area contributed by atoms with E-state index in [2.05, 4.69) is 0 Å². The van der Waals surface area contributed by atoms with Crippen molar-refractivity contribution in [3.05, 3.63) is 29.8 Å². The summed E-state index contributed by atoms with van der Waals surface area (Å²) in [6.45, 7) is 6.28. The summed E-state index contributed by atoms with van der Waals surface area (Å²) in [5, 5.41) is 0. The molecule has 0 unspecified atom stereocenters. The van der Waals surface area contributed by atoms with Crippen molar-refractivity contribution in [3.8, 4) is 5.75 Å². The lowest BCUT2D eigenvalue weighted by molar-refractivity contribution is -0.142. The maximum atomic E-state index is 12.1. The van der Waals surface area contributed by atoms with Crippen molar-refractivity contribution >= 4 is 5.91 Å². The van der Waals surface area contributed by atoms with Crippen molar-refractivity contribution in [3.63, 3.8) is 0 Å². The van der Waals surface area contributed by atoms with Crippen molar-refractivity contribution in [2.24, 2.45) is 0 Å². The standard InChI is InChI=1S/C16H25NO3/c1-6-20-13(3)16(18)17(4)12(2)11-14-7-9-15(19-5)10-8-14/h7-10,12-13H,6,11H2,1-5H3/t12-,13-/m1/s1. The molecule has 0 aromatic heterocycles. The van der Waals surface area contributed by atoms with Crippen LogP contribution in [-0.2, 0) is 16.0 Å². The van der Waals surface area contributed by atoms with Gasteiger partial charge in [0.15, 0.2) is 0 Å². The van der Waals surface area contributed by atoms with Crippen molar-refractivity contribution in [2.45, 2.75) is 39.3 Å². The van der Waals surface area contributed by atoms with Crippen LogP contribution in [0.25, 0.3) is 0 Å². The van der Waals surface area contributed by atoms with E-state index in [9.17, 15) is 4.79 Å². The highest BCUT2D eigenvalue weighted by molar-refractivity contribution is 5.80. The molecule has 4 heteroatoms. The summed E-state index contributed by atoms with van der Waals surface area (Å²) in [6, 6.07) is 8.05. The first-order chi connectivity index (χ1) is 9.49. The SMILES string of the molecule is CCO[C@H](C)C(=O)N(C)[C@H](C)Cc1ccc(OC)cc1. The van der Waals surface area contributed by atoms with E-state index >= 15 is 0 Å². The van der Waals surface area contributed by atoms with Gasteiger partial charge in [-0.05, 0) is 44.9 Å². The van der Waals surface area contributed by atoms with E-state index < -0.39 is 0 Å².